The molecule has 0 saturated carbocycles. The molecule has 1 aromatic rings. The maximum Gasteiger partial charge on any atom is 0.330 e. The van der Waals surface area contributed by atoms with Gasteiger partial charge in [0.25, 0.3) is 5.56 Å². The molecule has 2 heterocycles. The summed E-state index contributed by atoms with van der Waals surface area (Å²) in [6.07, 6.45) is 22.1. The summed E-state index contributed by atoms with van der Waals surface area (Å²) in [4.78, 5) is 73.0. The molecule has 1 aliphatic heterocycles. The van der Waals surface area contributed by atoms with Gasteiger partial charge >= 0.3 is 17.6 Å². The number of amides is 1. The average Bonchev–Trinajstić information content (AvgIpc) is 3.50. The van der Waals surface area contributed by atoms with Crippen LogP contribution in [0.2, 0.25) is 0 Å². The first kappa shape index (κ1) is 51.7. The molecule has 2 rings (SSSR count). The van der Waals surface area contributed by atoms with Gasteiger partial charge in [0, 0.05) is 31.6 Å². The van der Waals surface area contributed by atoms with Crippen LogP contribution in [0.3, 0.4) is 0 Å². The molecule has 2 N–H and O–H groups in total. The number of ketones is 1. The van der Waals surface area contributed by atoms with E-state index in [1.807, 2.05) is 4.98 Å². The van der Waals surface area contributed by atoms with Crippen LogP contribution in [0.1, 0.15) is 201 Å². The Morgan fingerprint density at radius 2 is 1.21 bits per heavy atom. The molecule has 0 radical (unpaired) electrons. The Morgan fingerprint density at radius 3 is 1.77 bits per heavy atom. The number of carbonyl (C=O) groups is 4. The van der Waals surface area contributed by atoms with E-state index < -0.39 is 47.8 Å². The number of aromatic nitrogens is 2. The Morgan fingerprint density at radius 1 is 0.702 bits per heavy atom. The molecule has 0 bridgehead atoms. The maximum absolute atomic E-state index is 15.1. The van der Waals surface area contributed by atoms with E-state index in [2.05, 4.69) is 26.1 Å². The van der Waals surface area contributed by atoms with Crippen LogP contribution in [0.5, 0.6) is 0 Å². The Labute approximate surface area is 341 Å². The van der Waals surface area contributed by atoms with Crippen molar-refractivity contribution in [2.75, 3.05) is 13.2 Å². The van der Waals surface area contributed by atoms with Crippen LogP contribution in [0, 0.1) is 0 Å². The quantitative estimate of drug-likeness (QED) is 0.0534. The Kier molecular flexibility index (Phi) is 30.5. The maximum atomic E-state index is 15.1. The highest BCUT2D eigenvalue weighted by Crippen LogP contribution is 2.34. The number of hydrogen-bond donors (Lipinski definition) is 2. The highest BCUT2D eigenvalue weighted by molar-refractivity contribution is 5.83. The molecule has 57 heavy (non-hydrogen) atoms. The lowest BCUT2D eigenvalue weighted by atomic mass is 10.1. The van der Waals surface area contributed by atoms with Gasteiger partial charge in [0.15, 0.2) is 24.3 Å². The predicted octanol–water partition coefficient (Wildman–Crippen LogP) is 9.12. The van der Waals surface area contributed by atoms with Gasteiger partial charge in [-0.25, -0.2) is 9.18 Å². The van der Waals surface area contributed by atoms with E-state index in [4.69, 9.17) is 14.2 Å². The molecule has 0 aliphatic carbocycles. The number of unbranched alkanes of at least 4 members (excludes halogenated alkanes) is 18. The van der Waals surface area contributed by atoms with E-state index in [-0.39, 0.29) is 31.1 Å². The highest BCUT2D eigenvalue weighted by atomic mass is 19.1. The predicted molar refractivity (Wildman–Crippen MR) is 222 cm³/mol. The highest BCUT2D eigenvalue weighted by Gasteiger charge is 2.48. The fourth-order valence-electron chi connectivity index (χ4n) is 6.66. The number of alkyl halides is 1. The Bertz CT molecular complexity index is 1350. The lowest BCUT2D eigenvalue weighted by Crippen LogP contribution is -2.37. The van der Waals surface area contributed by atoms with Gasteiger partial charge in [-0.3, -0.25) is 33.5 Å². The number of nitrogens with zero attached hydrogens (tertiary/aromatic N) is 1. The number of carbonyl (C=O) groups excluding carboxylic acids is 4. The molecule has 12 nitrogen and oxygen atoms in total. The van der Waals surface area contributed by atoms with Gasteiger partial charge in [0.1, 0.15) is 12.7 Å². The zero-order valence-electron chi connectivity index (χ0n) is 35.8. The second-order valence-electron chi connectivity index (χ2n) is 15.3. The summed E-state index contributed by atoms with van der Waals surface area (Å²) >= 11 is 0. The molecule has 1 unspecified atom stereocenters. The second kappa shape index (κ2) is 33.6. The molecule has 1 fully saturated rings. The van der Waals surface area contributed by atoms with Gasteiger partial charge < -0.3 is 19.5 Å². The zero-order chi connectivity index (χ0) is 42.1. The zero-order valence-corrected chi connectivity index (χ0v) is 35.8. The number of nitrogens with one attached hydrogen (secondary N) is 2. The minimum atomic E-state index is -1.86. The summed E-state index contributed by atoms with van der Waals surface area (Å²) in [6, 6.07) is 1.06. The van der Waals surface area contributed by atoms with Crippen LogP contribution < -0.4 is 16.6 Å². The van der Waals surface area contributed by atoms with Crippen LogP contribution in [-0.2, 0) is 33.4 Å². The third-order valence-corrected chi connectivity index (χ3v) is 10.2. The topological polar surface area (TPSA) is 163 Å². The van der Waals surface area contributed by atoms with Crippen LogP contribution in [0.4, 0.5) is 4.39 Å². The summed E-state index contributed by atoms with van der Waals surface area (Å²) < 4.78 is 31.7. The van der Waals surface area contributed by atoms with Crippen molar-refractivity contribution in [2.45, 2.75) is 219 Å². The normalized spacial score (nSPS) is 17.4. The van der Waals surface area contributed by atoms with Gasteiger partial charge in [-0.15, -0.1) is 0 Å². The standard InChI is InChI=1S/C27H41FN2O8.C17H35NO/c1-3-5-6-7-8-9-10-11-12-13-19(31)18-36-22(33)14-15-23(34)38-25-20(4-2)37-26(24(25)28)30-17-16-21(32)29-27(30)35;1-3-5-7-9-10-11-12-14-16-18-17(19)15-13-8-6-4-2/h16-17,20,24-26H,3-15,18H2,1-2H3,(H,29,32,35);3-16H2,1-2H3,(H,18,19)/t20-,24?,25+,26-;/m1./s1. The van der Waals surface area contributed by atoms with E-state index in [9.17, 15) is 28.8 Å². The Balaban J connectivity index is 0.000000720. The van der Waals surface area contributed by atoms with Crippen molar-refractivity contribution in [1.29, 1.82) is 0 Å². The van der Waals surface area contributed by atoms with Crippen molar-refractivity contribution in [3.05, 3.63) is 33.1 Å². The van der Waals surface area contributed by atoms with Crippen molar-refractivity contribution < 1.29 is 37.8 Å². The minimum Gasteiger partial charge on any atom is -0.458 e. The van der Waals surface area contributed by atoms with E-state index in [1.54, 1.807) is 6.92 Å². The SMILES string of the molecule is CCCCCCCCCCCC(=O)COC(=O)CCC(=O)O[C@@H]1C(F)[C@H](n2ccc(=O)[nH]c2=O)O[C@@H]1CC.CCCCCCCCCCNC(=O)CCCCCC. The first-order valence-corrected chi connectivity index (χ1v) is 22.3. The average molecular weight is 810 g/mol. The number of hydrogen-bond acceptors (Lipinski definition) is 9. The second-order valence-corrected chi connectivity index (χ2v) is 15.3. The van der Waals surface area contributed by atoms with Gasteiger partial charge in [-0.05, 0) is 25.7 Å². The van der Waals surface area contributed by atoms with E-state index in [1.165, 1.54) is 103 Å². The Hall–Kier alpha value is -3.35. The number of rotatable bonds is 32. The van der Waals surface area contributed by atoms with E-state index in [0.29, 0.717) is 12.8 Å². The molecule has 0 spiro atoms. The summed E-state index contributed by atoms with van der Waals surface area (Å²) in [5, 5.41) is 3.03. The molecule has 1 saturated heterocycles. The molecule has 13 heteroatoms. The number of halogens is 1. The van der Waals surface area contributed by atoms with E-state index >= 15 is 4.39 Å². The van der Waals surface area contributed by atoms with Crippen molar-refractivity contribution in [3.8, 4) is 0 Å². The molecule has 1 amide bonds. The largest absolute Gasteiger partial charge is 0.458 e. The molecule has 4 atom stereocenters. The van der Waals surface area contributed by atoms with Gasteiger partial charge in [-0.1, -0.05) is 143 Å². The van der Waals surface area contributed by atoms with Crippen molar-refractivity contribution >= 4 is 23.6 Å². The van der Waals surface area contributed by atoms with Gasteiger partial charge in [0.05, 0.1) is 12.8 Å². The molecule has 0 aromatic carbocycles. The molecular weight excluding hydrogens is 733 g/mol. The number of aromatic amines is 1. The number of Topliss-reactive ketones (excluding diaryl/α,β-unsaturated/α-hetero) is 1. The summed E-state index contributed by atoms with van der Waals surface area (Å²) in [7, 11) is 0. The van der Waals surface area contributed by atoms with Crippen LogP contribution in [0.15, 0.2) is 21.9 Å². The van der Waals surface area contributed by atoms with Gasteiger partial charge in [0.2, 0.25) is 5.91 Å². The molecule has 328 valence electrons. The van der Waals surface area contributed by atoms with Crippen LogP contribution in [-0.4, -0.2) is 64.7 Å². The fourth-order valence-corrected chi connectivity index (χ4v) is 6.66. The summed E-state index contributed by atoms with van der Waals surface area (Å²) in [5.74, 6) is -1.46. The molecule has 1 aliphatic rings. The van der Waals surface area contributed by atoms with Crippen LogP contribution >= 0.6 is 0 Å². The van der Waals surface area contributed by atoms with Crippen LogP contribution in [0.25, 0.3) is 0 Å². The number of H-pyrrole nitrogens is 1. The lowest BCUT2D eigenvalue weighted by Gasteiger charge is -2.18. The molecule has 1 aromatic heterocycles. The monoisotopic (exact) mass is 810 g/mol. The fraction of sp³-hybridized carbons (Fsp3) is 0.818. The van der Waals surface area contributed by atoms with E-state index in [0.717, 1.165) is 61.9 Å². The first-order valence-electron chi connectivity index (χ1n) is 22.3. The van der Waals surface area contributed by atoms with Crippen molar-refractivity contribution in [2.24, 2.45) is 0 Å². The third kappa shape index (κ3) is 24.9. The summed E-state index contributed by atoms with van der Waals surface area (Å²) in [5.41, 5.74) is -1.48. The van der Waals surface area contributed by atoms with Gasteiger partial charge in [-0.2, -0.15) is 0 Å². The minimum absolute atomic E-state index is 0.165. The van der Waals surface area contributed by atoms with Crippen molar-refractivity contribution in [1.82, 2.24) is 14.9 Å². The van der Waals surface area contributed by atoms with Crippen molar-refractivity contribution in [3.63, 3.8) is 0 Å². The smallest absolute Gasteiger partial charge is 0.330 e. The molecular formula is C44H76FN3O9. The third-order valence-electron chi connectivity index (χ3n) is 10.2. The number of esters is 2. The summed E-state index contributed by atoms with van der Waals surface area (Å²) in [6.45, 7) is 8.90. The lowest BCUT2D eigenvalue weighted by molar-refractivity contribution is -0.157. The first-order chi connectivity index (χ1) is 27.6. The number of ether oxygens (including phenoxy) is 3.